The summed E-state index contributed by atoms with van der Waals surface area (Å²) in [6, 6.07) is 13.0. The Hall–Kier alpha value is -2.37. The molecular formula is C15H8BrFN2O. The standard InChI is InChI=1S/C15H8BrFN2O/c16-13-2-4-15(11(6-13)8-19)20-9-12-5-10(7-18)1-3-14(12)17/h1-6H,9H2. The van der Waals surface area contributed by atoms with Gasteiger partial charge < -0.3 is 4.74 Å². The van der Waals surface area contributed by atoms with Crippen LogP contribution in [0.25, 0.3) is 0 Å². The van der Waals surface area contributed by atoms with E-state index in [9.17, 15) is 4.39 Å². The Balaban J connectivity index is 2.22. The lowest BCUT2D eigenvalue weighted by atomic mass is 10.1. The zero-order chi connectivity index (χ0) is 14.5. The molecule has 3 nitrogen and oxygen atoms in total. The van der Waals surface area contributed by atoms with Crippen molar-refractivity contribution in [2.75, 3.05) is 0 Å². The van der Waals surface area contributed by atoms with Gasteiger partial charge in [-0.15, -0.1) is 0 Å². The quantitative estimate of drug-likeness (QED) is 0.857. The monoisotopic (exact) mass is 330 g/mol. The predicted octanol–water partition coefficient (Wildman–Crippen LogP) is 3.91. The van der Waals surface area contributed by atoms with Gasteiger partial charge in [0.2, 0.25) is 0 Å². The number of hydrogen-bond acceptors (Lipinski definition) is 3. The SMILES string of the molecule is N#Cc1ccc(F)c(COc2ccc(Br)cc2C#N)c1. The van der Waals surface area contributed by atoms with E-state index in [1.54, 1.807) is 18.2 Å². The van der Waals surface area contributed by atoms with E-state index in [1.807, 2.05) is 12.1 Å². The second-order valence-corrected chi connectivity index (χ2v) is 4.87. The fourth-order valence-corrected chi connectivity index (χ4v) is 1.99. The maximum atomic E-state index is 13.6. The van der Waals surface area contributed by atoms with Gasteiger partial charge in [-0.05, 0) is 36.4 Å². The molecule has 0 N–H and O–H groups in total. The first kappa shape index (κ1) is 14.0. The highest BCUT2D eigenvalue weighted by Gasteiger charge is 2.08. The molecule has 0 aliphatic carbocycles. The molecule has 2 aromatic carbocycles. The molecule has 0 aromatic heterocycles. The van der Waals surface area contributed by atoms with Crippen LogP contribution in [0.2, 0.25) is 0 Å². The highest BCUT2D eigenvalue weighted by atomic mass is 79.9. The van der Waals surface area contributed by atoms with E-state index >= 15 is 0 Å². The van der Waals surface area contributed by atoms with Crippen LogP contribution in [0.15, 0.2) is 40.9 Å². The molecule has 0 spiro atoms. The van der Waals surface area contributed by atoms with E-state index in [2.05, 4.69) is 15.9 Å². The second-order valence-electron chi connectivity index (χ2n) is 3.96. The van der Waals surface area contributed by atoms with Crippen LogP contribution in [0.3, 0.4) is 0 Å². The van der Waals surface area contributed by atoms with Crippen molar-refractivity contribution in [2.45, 2.75) is 6.61 Å². The van der Waals surface area contributed by atoms with Crippen molar-refractivity contribution >= 4 is 15.9 Å². The molecule has 0 saturated heterocycles. The maximum absolute atomic E-state index is 13.6. The fourth-order valence-electron chi connectivity index (χ4n) is 1.63. The summed E-state index contributed by atoms with van der Waals surface area (Å²) in [4.78, 5) is 0. The molecule has 2 aromatic rings. The van der Waals surface area contributed by atoms with Crippen molar-refractivity contribution in [2.24, 2.45) is 0 Å². The second kappa shape index (κ2) is 6.18. The van der Waals surface area contributed by atoms with Crippen molar-refractivity contribution in [1.82, 2.24) is 0 Å². The van der Waals surface area contributed by atoms with Crippen LogP contribution >= 0.6 is 15.9 Å². The van der Waals surface area contributed by atoms with Crippen LogP contribution in [-0.2, 0) is 6.61 Å². The molecule has 0 atom stereocenters. The topological polar surface area (TPSA) is 56.8 Å². The number of nitriles is 2. The third-order valence-electron chi connectivity index (χ3n) is 2.62. The van der Waals surface area contributed by atoms with Crippen LogP contribution in [0.4, 0.5) is 4.39 Å². The van der Waals surface area contributed by atoms with E-state index in [1.165, 1.54) is 18.2 Å². The van der Waals surface area contributed by atoms with Gasteiger partial charge in [-0.25, -0.2) is 4.39 Å². The summed E-state index contributed by atoms with van der Waals surface area (Å²) in [5, 5.41) is 17.8. The molecule has 98 valence electrons. The number of benzene rings is 2. The summed E-state index contributed by atoms with van der Waals surface area (Å²) in [7, 11) is 0. The third-order valence-corrected chi connectivity index (χ3v) is 3.11. The van der Waals surface area contributed by atoms with Crippen molar-refractivity contribution < 1.29 is 9.13 Å². The number of hydrogen-bond donors (Lipinski definition) is 0. The van der Waals surface area contributed by atoms with Gasteiger partial charge in [0.05, 0.1) is 17.2 Å². The molecule has 0 amide bonds. The van der Waals surface area contributed by atoms with Crippen molar-refractivity contribution in [3.8, 4) is 17.9 Å². The number of nitrogens with zero attached hydrogens (tertiary/aromatic N) is 2. The maximum Gasteiger partial charge on any atom is 0.137 e. The molecule has 0 fully saturated rings. The zero-order valence-electron chi connectivity index (χ0n) is 10.2. The summed E-state index contributed by atoms with van der Waals surface area (Å²) in [5.74, 6) is -0.0721. The summed E-state index contributed by atoms with van der Waals surface area (Å²) in [6.07, 6.45) is 0. The summed E-state index contributed by atoms with van der Waals surface area (Å²) >= 11 is 3.26. The Labute approximate surface area is 124 Å². The normalized spacial score (nSPS) is 9.60. The molecule has 0 aliphatic rings. The first-order valence-electron chi connectivity index (χ1n) is 5.65. The summed E-state index contributed by atoms with van der Waals surface area (Å²) in [5.41, 5.74) is 0.994. The predicted molar refractivity (Wildman–Crippen MR) is 74.3 cm³/mol. The Morgan fingerprint density at radius 3 is 2.60 bits per heavy atom. The molecule has 2 rings (SSSR count). The largest absolute Gasteiger partial charge is 0.487 e. The van der Waals surface area contributed by atoms with Gasteiger partial charge in [-0.1, -0.05) is 15.9 Å². The van der Waals surface area contributed by atoms with Gasteiger partial charge >= 0.3 is 0 Å². The molecule has 0 saturated carbocycles. The van der Waals surface area contributed by atoms with Crippen LogP contribution < -0.4 is 4.74 Å². The highest BCUT2D eigenvalue weighted by molar-refractivity contribution is 9.10. The third kappa shape index (κ3) is 3.14. The molecule has 0 heterocycles. The lowest BCUT2D eigenvalue weighted by Crippen LogP contribution is -2.00. The smallest absolute Gasteiger partial charge is 0.137 e. The molecule has 0 unspecified atom stereocenters. The van der Waals surface area contributed by atoms with Gasteiger partial charge in [0.1, 0.15) is 24.2 Å². The molecule has 0 radical (unpaired) electrons. The van der Waals surface area contributed by atoms with Crippen LogP contribution in [0.1, 0.15) is 16.7 Å². The summed E-state index contributed by atoms with van der Waals surface area (Å²) in [6.45, 7) is -0.0440. The Morgan fingerprint density at radius 1 is 1.10 bits per heavy atom. The number of halogens is 2. The zero-order valence-corrected chi connectivity index (χ0v) is 11.8. The number of rotatable bonds is 3. The van der Waals surface area contributed by atoms with Gasteiger partial charge in [0.15, 0.2) is 0 Å². The minimum Gasteiger partial charge on any atom is -0.487 e. The average molecular weight is 331 g/mol. The van der Waals surface area contributed by atoms with Gasteiger partial charge in [0.25, 0.3) is 0 Å². The minimum atomic E-state index is -0.445. The van der Waals surface area contributed by atoms with Crippen LogP contribution in [-0.4, -0.2) is 0 Å². The van der Waals surface area contributed by atoms with E-state index in [0.717, 1.165) is 4.47 Å². The van der Waals surface area contributed by atoms with Crippen LogP contribution in [0, 0.1) is 28.5 Å². The number of ether oxygens (including phenoxy) is 1. The molecule has 0 aliphatic heterocycles. The van der Waals surface area contributed by atoms with Crippen molar-refractivity contribution in [3.05, 3.63) is 63.4 Å². The Kier molecular flexibility index (Phi) is 4.34. The van der Waals surface area contributed by atoms with E-state index in [-0.39, 0.29) is 12.2 Å². The highest BCUT2D eigenvalue weighted by Crippen LogP contribution is 2.23. The van der Waals surface area contributed by atoms with E-state index in [0.29, 0.717) is 16.9 Å². The van der Waals surface area contributed by atoms with Crippen molar-refractivity contribution in [3.63, 3.8) is 0 Å². The van der Waals surface area contributed by atoms with Crippen LogP contribution in [0.5, 0.6) is 5.75 Å². The first-order valence-corrected chi connectivity index (χ1v) is 6.44. The molecule has 20 heavy (non-hydrogen) atoms. The van der Waals surface area contributed by atoms with E-state index in [4.69, 9.17) is 15.3 Å². The van der Waals surface area contributed by atoms with E-state index < -0.39 is 5.82 Å². The fraction of sp³-hybridized carbons (Fsp3) is 0.0667. The lowest BCUT2D eigenvalue weighted by molar-refractivity contribution is 0.299. The van der Waals surface area contributed by atoms with Gasteiger partial charge in [0, 0.05) is 10.0 Å². The Morgan fingerprint density at radius 2 is 1.90 bits per heavy atom. The van der Waals surface area contributed by atoms with Gasteiger partial charge in [-0.3, -0.25) is 0 Å². The lowest BCUT2D eigenvalue weighted by Gasteiger charge is -2.09. The minimum absolute atomic E-state index is 0.0440. The molecule has 5 heteroatoms. The summed E-state index contributed by atoms with van der Waals surface area (Å²) < 4.78 is 19.8. The average Bonchev–Trinajstić information content (AvgIpc) is 2.47. The van der Waals surface area contributed by atoms with Gasteiger partial charge in [-0.2, -0.15) is 10.5 Å². The molecular weight excluding hydrogens is 323 g/mol. The molecule has 0 bridgehead atoms. The first-order chi connectivity index (χ1) is 9.63. The van der Waals surface area contributed by atoms with Crippen molar-refractivity contribution in [1.29, 1.82) is 10.5 Å². The Bertz CT molecular complexity index is 732.